The lowest BCUT2D eigenvalue weighted by atomic mass is 10.1. The topological polar surface area (TPSA) is 85.2 Å². The number of aliphatic hydroxyl groups excluding tert-OH is 1. The van der Waals surface area contributed by atoms with Crippen LogP contribution in [0.15, 0.2) is 0 Å². The molecular formula is C11H19N3O2. The van der Waals surface area contributed by atoms with Crippen LogP contribution in [-0.4, -0.2) is 36.8 Å². The molecule has 90 valence electrons. The van der Waals surface area contributed by atoms with Gasteiger partial charge in [0.2, 0.25) is 5.91 Å². The minimum atomic E-state index is -0.0844. The van der Waals surface area contributed by atoms with Gasteiger partial charge in [0.25, 0.3) is 0 Å². The van der Waals surface area contributed by atoms with E-state index in [-0.39, 0.29) is 31.0 Å². The van der Waals surface area contributed by atoms with Gasteiger partial charge in [-0.05, 0) is 18.8 Å². The lowest BCUT2D eigenvalue weighted by Gasteiger charge is -2.18. The van der Waals surface area contributed by atoms with Gasteiger partial charge in [-0.1, -0.05) is 6.42 Å². The first-order chi connectivity index (χ1) is 7.77. The van der Waals surface area contributed by atoms with Crippen LogP contribution in [0.5, 0.6) is 0 Å². The molecular weight excluding hydrogens is 206 g/mol. The fourth-order valence-corrected chi connectivity index (χ4v) is 2.07. The van der Waals surface area contributed by atoms with E-state index >= 15 is 0 Å². The molecule has 5 nitrogen and oxygen atoms in total. The van der Waals surface area contributed by atoms with Crippen LogP contribution in [0, 0.1) is 17.2 Å². The van der Waals surface area contributed by atoms with E-state index < -0.39 is 0 Å². The largest absolute Gasteiger partial charge is 0.396 e. The van der Waals surface area contributed by atoms with Crippen LogP contribution in [-0.2, 0) is 4.79 Å². The molecule has 0 aromatic rings. The van der Waals surface area contributed by atoms with Gasteiger partial charge in [0.1, 0.15) is 0 Å². The molecule has 2 atom stereocenters. The predicted octanol–water partition coefficient (Wildman–Crippen LogP) is -0.233. The Bertz CT molecular complexity index is 262. The summed E-state index contributed by atoms with van der Waals surface area (Å²) in [5, 5.41) is 23.2. The van der Waals surface area contributed by atoms with Gasteiger partial charge in [0, 0.05) is 19.2 Å². The number of hydrogen-bond donors (Lipinski definition) is 3. The van der Waals surface area contributed by atoms with E-state index in [9.17, 15) is 4.79 Å². The van der Waals surface area contributed by atoms with E-state index in [1.54, 1.807) is 0 Å². The summed E-state index contributed by atoms with van der Waals surface area (Å²) in [5.74, 6) is 0.200. The maximum Gasteiger partial charge on any atom is 0.233 e. The van der Waals surface area contributed by atoms with Crippen LogP contribution >= 0.6 is 0 Å². The maximum atomic E-state index is 11.3. The Morgan fingerprint density at radius 2 is 2.31 bits per heavy atom. The molecule has 0 saturated heterocycles. The van der Waals surface area contributed by atoms with Gasteiger partial charge in [0.15, 0.2) is 0 Å². The predicted molar refractivity (Wildman–Crippen MR) is 59.5 cm³/mol. The minimum Gasteiger partial charge on any atom is -0.396 e. The summed E-state index contributed by atoms with van der Waals surface area (Å²) in [7, 11) is 0. The number of aliphatic hydroxyl groups is 1. The third-order valence-corrected chi connectivity index (χ3v) is 2.98. The SMILES string of the molecule is N#CCCNC(=O)CNC1CCCC1CO. The number of rotatable bonds is 6. The maximum absolute atomic E-state index is 11.3. The summed E-state index contributed by atoms with van der Waals surface area (Å²) in [6.45, 7) is 0.866. The van der Waals surface area contributed by atoms with Gasteiger partial charge in [-0.25, -0.2) is 0 Å². The van der Waals surface area contributed by atoms with E-state index in [2.05, 4.69) is 10.6 Å². The van der Waals surface area contributed by atoms with Gasteiger partial charge in [-0.2, -0.15) is 5.26 Å². The van der Waals surface area contributed by atoms with Gasteiger partial charge in [-0.15, -0.1) is 0 Å². The van der Waals surface area contributed by atoms with Crippen molar-refractivity contribution in [2.24, 2.45) is 5.92 Å². The van der Waals surface area contributed by atoms with Crippen molar-refractivity contribution in [1.29, 1.82) is 5.26 Å². The summed E-state index contributed by atoms with van der Waals surface area (Å²) in [6.07, 6.45) is 3.51. The van der Waals surface area contributed by atoms with Gasteiger partial charge >= 0.3 is 0 Å². The lowest BCUT2D eigenvalue weighted by Crippen LogP contribution is -2.41. The summed E-state index contributed by atoms with van der Waals surface area (Å²) in [6, 6.07) is 2.22. The lowest BCUT2D eigenvalue weighted by molar-refractivity contribution is -0.120. The third-order valence-electron chi connectivity index (χ3n) is 2.98. The van der Waals surface area contributed by atoms with Crippen molar-refractivity contribution in [3.63, 3.8) is 0 Å². The smallest absolute Gasteiger partial charge is 0.233 e. The molecule has 1 amide bonds. The number of nitriles is 1. The number of amides is 1. The summed E-state index contributed by atoms with van der Waals surface area (Å²) >= 11 is 0. The molecule has 2 unspecified atom stereocenters. The first-order valence-electron chi connectivity index (χ1n) is 5.75. The second-order valence-electron chi connectivity index (χ2n) is 4.12. The van der Waals surface area contributed by atoms with Crippen molar-refractivity contribution in [1.82, 2.24) is 10.6 Å². The summed E-state index contributed by atoms with van der Waals surface area (Å²) in [5.41, 5.74) is 0. The van der Waals surface area contributed by atoms with Gasteiger partial charge < -0.3 is 15.7 Å². The van der Waals surface area contributed by atoms with Gasteiger partial charge in [-0.3, -0.25) is 4.79 Å². The highest BCUT2D eigenvalue weighted by Gasteiger charge is 2.26. The fourth-order valence-electron chi connectivity index (χ4n) is 2.07. The molecule has 1 saturated carbocycles. The Labute approximate surface area is 95.8 Å². The molecule has 1 fully saturated rings. The van der Waals surface area contributed by atoms with Crippen molar-refractivity contribution in [2.45, 2.75) is 31.7 Å². The highest BCUT2D eigenvalue weighted by molar-refractivity contribution is 5.78. The zero-order chi connectivity index (χ0) is 11.8. The Balaban J connectivity index is 2.14. The highest BCUT2D eigenvalue weighted by Crippen LogP contribution is 2.24. The molecule has 0 aromatic heterocycles. The Morgan fingerprint density at radius 3 is 3.00 bits per heavy atom. The zero-order valence-electron chi connectivity index (χ0n) is 9.41. The molecule has 0 aliphatic heterocycles. The molecule has 5 heteroatoms. The van der Waals surface area contributed by atoms with Crippen LogP contribution in [0.1, 0.15) is 25.7 Å². The van der Waals surface area contributed by atoms with Crippen LogP contribution in [0.3, 0.4) is 0 Å². The fraction of sp³-hybridized carbons (Fsp3) is 0.818. The van der Waals surface area contributed by atoms with Gasteiger partial charge in [0.05, 0.1) is 19.0 Å². The molecule has 0 heterocycles. The quantitative estimate of drug-likeness (QED) is 0.545. The molecule has 0 aromatic carbocycles. The molecule has 0 spiro atoms. The molecule has 1 aliphatic rings. The normalized spacial score (nSPS) is 24.0. The molecule has 3 N–H and O–H groups in total. The average Bonchev–Trinajstić information content (AvgIpc) is 2.74. The Hall–Kier alpha value is -1.12. The number of nitrogens with zero attached hydrogens (tertiary/aromatic N) is 1. The van der Waals surface area contributed by atoms with Crippen molar-refractivity contribution in [2.75, 3.05) is 19.7 Å². The number of nitrogens with one attached hydrogen (secondary N) is 2. The van der Waals surface area contributed by atoms with E-state index in [1.807, 2.05) is 6.07 Å². The Kier molecular flexibility index (Phi) is 5.83. The van der Waals surface area contributed by atoms with Crippen molar-refractivity contribution >= 4 is 5.91 Å². The summed E-state index contributed by atoms with van der Waals surface area (Å²) < 4.78 is 0. The number of carbonyl (C=O) groups is 1. The van der Waals surface area contributed by atoms with Crippen LogP contribution in [0.4, 0.5) is 0 Å². The minimum absolute atomic E-state index is 0.0844. The molecule has 0 radical (unpaired) electrons. The van der Waals surface area contributed by atoms with Crippen LogP contribution in [0.2, 0.25) is 0 Å². The third kappa shape index (κ3) is 4.17. The molecule has 1 aliphatic carbocycles. The van der Waals surface area contributed by atoms with Crippen LogP contribution in [0.25, 0.3) is 0 Å². The monoisotopic (exact) mass is 225 g/mol. The van der Waals surface area contributed by atoms with E-state index in [1.165, 1.54) is 0 Å². The first kappa shape index (κ1) is 12.9. The summed E-state index contributed by atoms with van der Waals surface area (Å²) in [4.78, 5) is 11.3. The second-order valence-corrected chi connectivity index (χ2v) is 4.12. The molecule has 0 bridgehead atoms. The van der Waals surface area contributed by atoms with Crippen LogP contribution < -0.4 is 10.6 Å². The standard InChI is InChI=1S/C11H19N3O2/c12-5-2-6-13-11(16)7-14-10-4-1-3-9(10)8-15/h9-10,14-15H,1-4,6-8H2,(H,13,16). The van der Waals surface area contributed by atoms with Crippen molar-refractivity contribution in [3.05, 3.63) is 0 Å². The second kappa shape index (κ2) is 7.20. The number of carbonyl (C=O) groups excluding carboxylic acids is 1. The van der Waals surface area contributed by atoms with Crippen molar-refractivity contribution < 1.29 is 9.90 Å². The average molecular weight is 225 g/mol. The molecule has 16 heavy (non-hydrogen) atoms. The van der Waals surface area contributed by atoms with Crippen molar-refractivity contribution in [3.8, 4) is 6.07 Å². The van der Waals surface area contributed by atoms with E-state index in [4.69, 9.17) is 10.4 Å². The number of hydrogen-bond acceptors (Lipinski definition) is 4. The van der Waals surface area contributed by atoms with E-state index in [0.29, 0.717) is 13.0 Å². The molecule has 1 rings (SSSR count). The first-order valence-corrected chi connectivity index (χ1v) is 5.75. The zero-order valence-corrected chi connectivity index (χ0v) is 9.41. The van der Waals surface area contributed by atoms with E-state index in [0.717, 1.165) is 19.3 Å². The Morgan fingerprint density at radius 1 is 1.50 bits per heavy atom. The highest BCUT2D eigenvalue weighted by atomic mass is 16.3.